The highest BCUT2D eigenvalue weighted by Crippen LogP contribution is 2.38. The van der Waals surface area contributed by atoms with Gasteiger partial charge in [-0.05, 0) is 111 Å². The molecule has 2 fully saturated rings. The maximum absolute atomic E-state index is 12.4. The number of aliphatic hydroxyl groups is 3. The van der Waals surface area contributed by atoms with Crippen molar-refractivity contribution in [1.29, 1.82) is 0 Å². The van der Waals surface area contributed by atoms with Gasteiger partial charge in [0, 0.05) is 67.4 Å². The average Bonchev–Trinajstić information content (AvgIpc) is 3.81. The lowest BCUT2D eigenvalue weighted by molar-refractivity contribution is -0.147. The normalized spacial score (nSPS) is 21.0. The van der Waals surface area contributed by atoms with Gasteiger partial charge in [-0.15, -0.1) is 0 Å². The van der Waals surface area contributed by atoms with Gasteiger partial charge in [-0.2, -0.15) is 0 Å². The highest BCUT2D eigenvalue weighted by molar-refractivity contribution is 5.93. The largest absolute Gasteiger partial charge is 0.482 e. The van der Waals surface area contributed by atoms with Gasteiger partial charge in [0.2, 0.25) is 0 Å². The van der Waals surface area contributed by atoms with Crippen LogP contribution in [0.4, 0.5) is 5.69 Å². The molecular weight excluding hydrogens is 759 g/mol. The maximum atomic E-state index is 12.4. The first-order chi connectivity index (χ1) is 29.2. The molecule has 3 aromatic carbocycles. The molecule has 6 rings (SSSR count). The Bertz CT molecular complexity index is 1970. The zero-order valence-electron chi connectivity index (χ0n) is 35.0. The molecule has 1 saturated heterocycles. The monoisotopic (exact) mass is 821 g/mol. The number of aromatic nitrogens is 1. The number of aryl methyl sites for hydroxylation is 2. The third-order valence-corrected chi connectivity index (χ3v) is 11.9. The van der Waals surface area contributed by atoms with Crippen LogP contribution in [-0.2, 0) is 32.0 Å². The van der Waals surface area contributed by atoms with E-state index in [2.05, 4.69) is 57.7 Å². The molecule has 0 radical (unpaired) electrons. The molecule has 4 aromatic rings. The molecule has 1 saturated carbocycles. The molecule has 0 spiro atoms. The molecule has 1 aromatic heterocycles. The Morgan fingerprint density at radius 1 is 0.917 bits per heavy atom. The lowest BCUT2D eigenvalue weighted by Gasteiger charge is -2.23. The first kappa shape index (κ1) is 44.7. The van der Waals surface area contributed by atoms with Crippen LogP contribution in [0.2, 0.25) is 0 Å². The quantitative estimate of drug-likeness (QED) is 0.0338. The molecule has 1 aliphatic carbocycles. The summed E-state index contributed by atoms with van der Waals surface area (Å²) in [5.74, 6) is -0.216. The summed E-state index contributed by atoms with van der Waals surface area (Å²) in [4.78, 5) is 31.4. The number of allylic oxidation sites excluding steroid dienone is 2. The number of nitrogens with zero attached hydrogens (tertiary/aromatic N) is 2. The Hall–Kier alpha value is -4.81. The van der Waals surface area contributed by atoms with Crippen LogP contribution in [0, 0.1) is 18.8 Å². The second-order valence-corrected chi connectivity index (χ2v) is 16.5. The minimum atomic E-state index is -0.567. The summed E-state index contributed by atoms with van der Waals surface area (Å²) in [6.45, 7) is 4.75. The minimum Gasteiger partial charge on any atom is -0.482 e. The highest BCUT2D eigenvalue weighted by atomic mass is 16.6. The first-order valence-corrected chi connectivity index (χ1v) is 21.8. The predicted octanol–water partition coefficient (Wildman–Crippen LogP) is 7.33. The van der Waals surface area contributed by atoms with Crippen molar-refractivity contribution >= 4 is 28.4 Å². The number of hydrogen-bond acceptors (Lipinski definition) is 11. The first-order valence-electron chi connectivity index (χ1n) is 21.8. The fourth-order valence-corrected chi connectivity index (χ4v) is 8.55. The SMILES string of the molecule is Cc1ccc(CN2CC[C@@H](Nc3cccc4cnccc34)C2)cc1OCC(=O)OCCCOC(=O)CCCC=CC[C@@H]1[C@@H](CC[C@@H](O)CCc2ccccc2)[C@H](O)C[C@H]1O. The van der Waals surface area contributed by atoms with E-state index < -0.39 is 24.3 Å². The van der Waals surface area contributed by atoms with Gasteiger partial charge in [0.1, 0.15) is 5.75 Å². The Kier molecular flexibility index (Phi) is 17.3. The number of anilines is 1. The number of carbonyl (C=O) groups is 2. The van der Waals surface area contributed by atoms with Gasteiger partial charge in [0.25, 0.3) is 0 Å². The second-order valence-electron chi connectivity index (χ2n) is 16.5. The Balaban J connectivity index is 0.795. The number of rotatable bonds is 23. The van der Waals surface area contributed by atoms with Crippen molar-refractivity contribution in [3.05, 3.63) is 114 Å². The van der Waals surface area contributed by atoms with E-state index in [1.807, 2.05) is 61.8 Å². The summed E-state index contributed by atoms with van der Waals surface area (Å²) in [6, 6.07) is 24.9. The number of fused-ring (bicyclic) bond motifs is 1. The number of pyridine rings is 1. The topological polar surface area (TPSA) is 151 Å². The number of ether oxygens (including phenoxy) is 3. The molecule has 11 nitrogen and oxygen atoms in total. The summed E-state index contributed by atoms with van der Waals surface area (Å²) in [5.41, 5.74) is 4.40. The van der Waals surface area contributed by atoms with Crippen LogP contribution in [0.15, 0.2) is 97.3 Å². The summed E-state index contributed by atoms with van der Waals surface area (Å²) < 4.78 is 16.5. The Morgan fingerprint density at radius 2 is 1.73 bits per heavy atom. The van der Waals surface area contributed by atoms with Crippen molar-refractivity contribution in [3.8, 4) is 5.75 Å². The molecule has 0 unspecified atom stereocenters. The fraction of sp³-hybridized carbons (Fsp3) is 0.490. The zero-order chi connectivity index (χ0) is 42.1. The maximum Gasteiger partial charge on any atom is 0.344 e. The number of aliphatic hydroxyl groups excluding tert-OH is 3. The summed E-state index contributed by atoms with van der Waals surface area (Å²) >= 11 is 0. The van der Waals surface area contributed by atoms with Gasteiger partial charge < -0.3 is 34.8 Å². The van der Waals surface area contributed by atoms with Gasteiger partial charge in [0.15, 0.2) is 6.61 Å². The number of unbranched alkanes of at least 4 members (excludes halogenated alkanes) is 1. The highest BCUT2D eigenvalue weighted by Gasteiger charge is 2.40. The molecule has 2 aliphatic rings. The predicted molar refractivity (Wildman–Crippen MR) is 233 cm³/mol. The standard InChI is InChI=1S/C49H63N3O8/c1-35-17-18-37(32-52-26-24-39(33-52)51-44-15-9-13-38-31-50-25-23-41(38)44)29-47(35)60-34-49(57)59-28-10-27-58-48(56)16-8-3-2-7-14-42-43(46(55)30-45(42)54)22-21-40(53)20-19-36-11-5-4-6-12-36/h2,4-7,9,11-13,15,17-18,23,25,29,31,39-40,42-43,45-46,51,53-55H,3,8,10,14,16,19-22,24,26-28,30,32-34H2,1H3/t39-,40+,42-,43-,45-,46-/m1/s1. The van der Waals surface area contributed by atoms with Crippen LogP contribution < -0.4 is 10.1 Å². The van der Waals surface area contributed by atoms with Crippen molar-refractivity contribution in [3.63, 3.8) is 0 Å². The van der Waals surface area contributed by atoms with Crippen LogP contribution in [0.3, 0.4) is 0 Å². The van der Waals surface area contributed by atoms with Crippen molar-refractivity contribution in [2.75, 3.05) is 38.2 Å². The summed E-state index contributed by atoms with van der Waals surface area (Å²) in [5, 5.41) is 37.8. The summed E-state index contributed by atoms with van der Waals surface area (Å²) in [7, 11) is 0. The van der Waals surface area contributed by atoms with Crippen molar-refractivity contribution in [2.45, 2.75) is 108 Å². The van der Waals surface area contributed by atoms with Crippen molar-refractivity contribution in [2.24, 2.45) is 11.8 Å². The Labute approximate surface area is 354 Å². The molecule has 4 N–H and O–H groups in total. The third kappa shape index (κ3) is 13.9. The van der Waals surface area contributed by atoms with E-state index in [-0.39, 0.29) is 44.0 Å². The smallest absolute Gasteiger partial charge is 0.344 e. The number of carbonyl (C=O) groups excluding carboxylic acids is 2. The van der Waals surface area contributed by atoms with E-state index in [9.17, 15) is 24.9 Å². The van der Waals surface area contributed by atoms with Crippen LogP contribution in [0.5, 0.6) is 5.75 Å². The zero-order valence-corrected chi connectivity index (χ0v) is 35.0. The summed E-state index contributed by atoms with van der Waals surface area (Å²) in [6.07, 6.45) is 13.0. The minimum absolute atomic E-state index is 0.0528. The van der Waals surface area contributed by atoms with Crippen LogP contribution in [0.1, 0.15) is 80.9 Å². The molecule has 6 atom stereocenters. The van der Waals surface area contributed by atoms with Crippen LogP contribution >= 0.6 is 0 Å². The number of likely N-dealkylation sites (tertiary alicyclic amines) is 1. The molecule has 0 amide bonds. The van der Waals surface area contributed by atoms with Gasteiger partial charge in [0.05, 0.1) is 31.5 Å². The van der Waals surface area contributed by atoms with E-state index in [0.29, 0.717) is 63.2 Å². The van der Waals surface area contributed by atoms with E-state index in [1.54, 1.807) is 0 Å². The van der Waals surface area contributed by atoms with Crippen molar-refractivity contribution in [1.82, 2.24) is 9.88 Å². The van der Waals surface area contributed by atoms with Gasteiger partial charge in [-0.3, -0.25) is 14.7 Å². The molecular formula is C49H63N3O8. The van der Waals surface area contributed by atoms with E-state index in [0.717, 1.165) is 54.7 Å². The van der Waals surface area contributed by atoms with Crippen LogP contribution in [0.25, 0.3) is 10.8 Å². The third-order valence-electron chi connectivity index (χ3n) is 11.9. The second kappa shape index (κ2) is 23.3. The van der Waals surface area contributed by atoms with Crippen LogP contribution in [-0.4, -0.2) is 94.4 Å². The number of nitrogens with one attached hydrogen (secondary N) is 1. The fourth-order valence-electron chi connectivity index (χ4n) is 8.55. The number of benzene rings is 3. The van der Waals surface area contributed by atoms with E-state index in [1.165, 1.54) is 10.9 Å². The Morgan fingerprint density at radius 3 is 2.58 bits per heavy atom. The molecule has 0 bridgehead atoms. The molecule has 60 heavy (non-hydrogen) atoms. The van der Waals surface area contributed by atoms with E-state index in [4.69, 9.17) is 14.2 Å². The van der Waals surface area contributed by atoms with Crippen molar-refractivity contribution < 1.29 is 39.1 Å². The average molecular weight is 822 g/mol. The van der Waals surface area contributed by atoms with Gasteiger partial charge >= 0.3 is 11.9 Å². The van der Waals surface area contributed by atoms with Gasteiger partial charge in [-0.1, -0.05) is 66.7 Å². The molecule has 1 aliphatic heterocycles. The molecule has 11 heteroatoms. The lowest BCUT2D eigenvalue weighted by Crippen LogP contribution is -2.26. The number of esters is 2. The molecule has 322 valence electrons. The van der Waals surface area contributed by atoms with E-state index >= 15 is 0 Å². The number of hydrogen-bond donors (Lipinski definition) is 4. The molecule has 2 heterocycles. The lowest BCUT2D eigenvalue weighted by atomic mass is 9.85. The van der Waals surface area contributed by atoms with Gasteiger partial charge in [-0.25, -0.2) is 4.79 Å².